The second kappa shape index (κ2) is 7.06. The van der Waals surface area contributed by atoms with E-state index < -0.39 is 0 Å². The lowest BCUT2D eigenvalue weighted by Gasteiger charge is -2.06. The van der Waals surface area contributed by atoms with Crippen molar-refractivity contribution in [3.63, 3.8) is 0 Å². The number of hydrogen-bond acceptors (Lipinski definition) is 4. The van der Waals surface area contributed by atoms with Gasteiger partial charge in [-0.25, -0.2) is 14.8 Å². The molecule has 2 aromatic heterocycles. The minimum Gasteiger partial charge on any atom is -0.459 e. The second-order valence-electron chi connectivity index (χ2n) is 5.72. The number of furan rings is 1. The van der Waals surface area contributed by atoms with E-state index >= 15 is 0 Å². The number of anilines is 1. The Bertz CT molecular complexity index is 994. The predicted molar refractivity (Wildman–Crippen MR) is 99.5 cm³/mol. The molecule has 2 amide bonds. The SMILES string of the molecule is O=C(NCc1cc2ccccc2o1)Nc1cnc(-c2ccccc2)nc1. The maximum absolute atomic E-state index is 12.0. The number of rotatable bonds is 4. The third-order valence-corrected chi connectivity index (χ3v) is 3.84. The summed E-state index contributed by atoms with van der Waals surface area (Å²) in [5.41, 5.74) is 2.25. The maximum atomic E-state index is 12.0. The number of para-hydroxylation sites is 1. The van der Waals surface area contributed by atoms with Crippen molar-refractivity contribution in [1.82, 2.24) is 15.3 Å². The molecular weight excluding hydrogens is 328 g/mol. The summed E-state index contributed by atoms with van der Waals surface area (Å²) < 4.78 is 5.67. The first kappa shape index (κ1) is 15.8. The summed E-state index contributed by atoms with van der Waals surface area (Å²) in [7, 11) is 0. The molecular formula is C20H16N4O2. The van der Waals surface area contributed by atoms with Crippen molar-refractivity contribution in [3.05, 3.63) is 78.8 Å². The Kier molecular flexibility index (Phi) is 4.30. The quantitative estimate of drug-likeness (QED) is 0.581. The molecule has 4 aromatic rings. The molecule has 0 fully saturated rings. The summed E-state index contributed by atoms with van der Waals surface area (Å²) in [6.45, 7) is 0.295. The van der Waals surface area contributed by atoms with Crippen molar-refractivity contribution in [2.75, 3.05) is 5.32 Å². The van der Waals surface area contributed by atoms with E-state index in [0.717, 1.165) is 16.5 Å². The highest BCUT2D eigenvalue weighted by Gasteiger charge is 2.07. The zero-order valence-electron chi connectivity index (χ0n) is 13.8. The summed E-state index contributed by atoms with van der Waals surface area (Å²) >= 11 is 0. The van der Waals surface area contributed by atoms with E-state index in [9.17, 15) is 4.79 Å². The third kappa shape index (κ3) is 3.54. The number of nitrogens with one attached hydrogen (secondary N) is 2. The number of nitrogens with zero attached hydrogens (tertiary/aromatic N) is 2. The molecule has 4 rings (SSSR count). The van der Waals surface area contributed by atoms with Crippen LogP contribution in [-0.2, 0) is 6.54 Å². The smallest absolute Gasteiger partial charge is 0.319 e. The van der Waals surface area contributed by atoms with Crippen molar-refractivity contribution in [2.45, 2.75) is 6.54 Å². The molecule has 0 aliphatic carbocycles. The van der Waals surface area contributed by atoms with Crippen LogP contribution in [0, 0.1) is 0 Å². The van der Waals surface area contributed by atoms with Crippen molar-refractivity contribution in [1.29, 1.82) is 0 Å². The Morgan fingerprint density at radius 1 is 0.962 bits per heavy atom. The Balaban J connectivity index is 1.35. The number of fused-ring (bicyclic) bond motifs is 1. The van der Waals surface area contributed by atoms with Crippen LogP contribution < -0.4 is 10.6 Å². The highest BCUT2D eigenvalue weighted by Crippen LogP contribution is 2.18. The van der Waals surface area contributed by atoms with Crippen LogP contribution in [0.1, 0.15) is 5.76 Å². The molecule has 0 radical (unpaired) electrons. The molecule has 2 heterocycles. The topological polar surface area (TPSA) is 80.0 Å². The monoisotopic (exact) mass is 344 g/mol. The van der Waals surface area contributed by atoms with Gasteiger partial charge in [0.15, 0.2) is 5.82 Å². The third-order valence-electron chi connectivity index (χ3n) is 3.84. The first-order valence-electron chi connectivity index (χ1n) is 8.18. The highest BCUT2D eigenvalue weighted by molar-refractivity contribution is 5.89. The number of amides is 2. The molecule has 0 aliphatic rings. The number of hydrogen-bond donors (Lipinski definition) is 2. The zero-order valence-corrected chi connectivity index (χ0v) is 13.8. The summed E-state index contributed by atoms with van der Waals surface area (Å²) in [4.78, 5) is 20.6. The van der Waals surface area contributed by atoms with Gasteiger partial charge in [0.2, 0.25) is 0 Å². The van der Waals surface area contributed by atoms with Crippen molar-refractivity contribution in [3.8, 4) is 11.4 Å². The lowest BCUT2D eigenvalue weighted by Crippen LogP contribution is -2.28. The molecule has 2 N–H and O–H groups in total. The second-order valence-corrected chi connectivity index (χ2v) is 5.72. The maximum Gasteiger partial charge on any atom is 0.319 e. The Morgan fingerprint density at radius 2 is 1.69 bits per heavy atom. The number of benzene rings is 2. The number of carbonyl (C=O) groups excluding carboxylic acids is 1. The Morgan fingerprint density at radius 3 is 2.46 bits per heavy atom. The lowest BCUT2D eigenvalue weighted by atomic mass is 10.2. The van der Waals surface area contributed by atoms with Gasteiger partial charge >= 0.3 is 6.03 Å². The van der Waals surface area contributed by atoms with Gasteiger partial charge in [0, 0.05) is 10.9 Å². The molecule has 26 heavy (non-hydrogen) atoms. The van der Waals surface area contributed by atoms with Gasteiger partial charge in [-0.15, -0.1) is 0 Å². The Hall–Kier alpha value is -3.67. The summed E-state index contributed by atoms with van der Waals surface area (Å²) in [5, 5.41) is 6.47. The van der Waals surface area contributed by atoms with Crippen LogP contribution in [0.5, 0.6) is 0 Å². The van der Waals surface area contributed by atoms with E-state index in [-0.39, 0.29) is 6.03 Å². The molecule has 6 nitrogen and oxygen atoms in total. The largest absolute Gasteiger partial charge is 0.459 e. The van der Waals surface area contributed by atoms with Crippen molar-refractivity contribution >= 4 is 22.7 Å². The normalized spacial score (nSPS) is 10.6. The van der Waals surface area contributed by atoms with E-state index in [0.29, 0.717) is 23.8 Å². The van der Waals surface area contributed by atoms with Gasteiger partial charge in [-0.3, -0.25) is 0 Å². The average Bonchev–Trinajstić information content (AvgIpc) is 3.11. The van der Waals surface area contributed by atoms with Crippen LogP contribution >= 0.6 is 0 Å². The molecule has 128 valence electrons. The fourth-order valence-electron chi connectivity index (χ4n) is 2.60. The minimum absolute atomic E-state index is 0.295. The van der Waals surface area contributed by atoms with Gasteiger partial charge in [-0.2, -0.15) is 0 Å². The van der Waals surface area contributed by atoms with Crippen molar-refractivity contribution in [2.24, 2.45) is 0 Å². The van der Waals surface area contributed by atoms with Gasteiger partial charge in [0.05, 0.1) is 24.6 Å². The van der Waals surface area contributed by atoms with Crippen LogP contribution in [0.3, 0.4) is 0 Å². The average molecular weight is 344 g/mol. The van der Waals surface area contributed by atoms with Gasteiger partial charge in [0.25, 0.3) is 0 Å². The van der Waals surface area contributed by atoms with Gasteiger partial charge in [-0.1, -0.05) is 48.5 Å². The molecule has 0 saturated carbocycles. The number of urea groups is 1. The molecule has 0 unspecified atom stereocenters. The van der Waals surface area contributed by atoms with E-state index in [1.807, 2.05) is 60.7 Å². The zero-order chi connectivity index (χ0) is 17.8. The molecule has 0 spiro atoms. The predicted octanol–water partition coefficient (Wildman–Crippen LogP) is 4.21. The van der Waals surface area contributed by atoms with E-state index in [1.165, 1.54) is 0 Å². The molecule has 2 aromatic carbocycles. The first-order valence-corrected chi connectivity index (χ1v) is 8.18. The molecule has 0 atom stereocenters. The van der Waals surface area contributed by atoms with Crippen LogP contribution in [0.15, 0.2) is 77.5 Å². The fourth-order valence-corrected chi connectivity index (χ4v) is 2.60. The van der Waals surface area contributed by atoms with Crippen LogP contribution in [0.2, 0.25) is 0 Å². The summed E-state index contributed by atoms with van der Waals surface area (Å²) in [5.74, 6) is 1.30. The van der Waals surface area contributed by atoms with Crippen molar-refractivity contribution < 1.29 is 9.21 Å². The lowest BCUT2D eigenvalue weighted by molar-refractivity contribution is 0.251. The number of carbonyl (C=O) groups is 1. The van der Waals surface area contributed by atoms with Gasteiger partial charge in [0.1, 0.15) is 11.3 Å². The molecule has 0 aliphatic heterocycles. The first-order chi connectivity index (χ1) is 12.8. The summed E-state index contributed by atoms with van der Waals surface area (Å²) in [6, 6.07) is 18.9. The molecule has 0 bridgehead atoms. The van der Waals surface area contributed by atoms with Gasteiger partial charge < -0.3 is 15.1 Å². The van der Waals surface area contributed by atoms with E-state index in [4.69, 9.17) is 4.42 Å². The highest BCUT2D eigenvalue weighted by atomic mass is 16.3. The summed E-state index contributed by atoms with van der Waals surface area (Å²) in [6.07, 6.45) is 3.16. The van der Waals surface area contributed by atoms with Crippen LogP contribution in [0.4, 0.5) is 10.5 Å². The molecule has 6 heteroatoms. The minimum atomic E-state index is -0.346. The Labute approximate surface area is 149 Å². The van der Waals surface area contributed by atoms with Gasteiger partial charge in [-0.05, 0) is 12.1 Å². The fraction of sp³-hybridized carbons (Fsp3) is 0.0500. The number of aromatic nitrogens is 2. The van der Waals surface area contributed by atoms with E-state index in [1.54, 1.807) is 12.4 Å². The van der Waals surface area contributed by atoms with Crippen LogP contribution in [-0.4, -0.2) is 16.0 Å². The standard InChI is InChI=1S/C20H16N4O2/c25-20(23-13-17-10-15-8-4-5-9-18(15)26-17)24-16-11-21-19(22-12-16)14-6-2-1-3-7-14/h1-12H,13H2,(H2,23,24,25). The van der Waals surface area contributed by atoms with Crippen LogP contribution in [0.25, 0.3) is 22.4 Å². The molecule has 0 saturated heterocycles. The van der Waals surface area contributed by atoms with E-state index in [2.05, 4.69) is 20.6 Å².